The minimum Gasteiger partial charge on any atom is -0.350 e. The molecule has 0 radical (unpaired) electrons. The normalized spacial score (nSPS) is 37.1. The standard InChI is InChI=1S/C19H34O2/c1-3-15-10-17(4-2)18(11-15)12-16-13-20-19(21-14-16)8-6-5-7-9-19/h15-18H,3-14H2,1-2H3. The van der Waals surface area contributed by atoms with Crippen molar-refractivity contribution in [2.24, 2.45) is 23.7 Å². The Labute approximate surface area is 131 Å². The Balaban J connectivity index is 1.48. The van der Waals surface area contributed by atoms with Gasteiger partial charge in [-0.3, -0.25) is 0 Å². The van der Waals surface area contributed by atoms with E-state index in [1.807, 2.05) is 0 Å². The second kappa shape index (κ2) is 7.00. The van der Waals surface area contributed by atoms with E-state index >= 15 is 0 Å². The largest absolute Gasteiger partial charge is 0.350 e. The minimum atomic E-state index is -0.180. The van der Waals surface area contributed by atoms with E-state index < -0.39 is 0 Å². The molecular formula is C19H34O2. The fourth-order valence-corrected chi connectivity index (χ4v) is 5.03. The van der Waals surface area contributed by atoms with Crippen molar-refractivity contribution in [3.05, 3.63) is 0 Å². The highest BCUT2D eigenvalue weighted by atomic mass is 16.7. The molecular weight excluding hydrogens is 260 g/mol. The zero-order valence-electron chi connectivity index (χ0n) is 14.1. The molecule has 2 aliphatic carbocycles. The molecule has 3 fully saturated rings. The Hall–Kier alpha value is -0.0800. The van der Waals surface area contributed by atoms with Gasteiger partial charge in [0.1, 0.15) is 0 Å². The van der Waals surface area contributed by atoms with Crippen LogP contribution in [0.1, 0.15) is 78.1 Å². The highest BCUT2D eigenvalue weighted by Gasteiger charge is 2.40. The van der Waals surface area contributed by atoms with E-state index in [0.717, 1.165) is 43.8 Å². The third-order valence-electron chi connectivity index (χ3n) is 6.46. The Morgan fingerprint density at radius 1 is 0.810 bits per heavy atom. The van der Waals surface area contributed by atoms with Crippen molar-refractivity contribution in [2.75, 3.05) is 13.2 Å². The first-order valence-corrected chi connectivity index (χ1v) is 9.52. The lowest BCUT2D eigenvalue weighted by Crippen LogP contribution is -2.45. The van der Waals surface area contributed by atoms with E-state index in [-0.39, 0.29) is 5.79 Å². The van der Waals surface area contributed by atoms with Gasteiger partial charge in [-0.1, -0.05) is 33.1 Å². The highest BCUT2D eigenvalue weighted by Crippen LogP contribution is 2.44. The molecule has 1 saturated heterocycles. The quantitative estimate of drug-likeness (QED) is 0.713. The first kappa shape index (κ1) is 15.8. The van der Waals surface area contributed by atoms with Gasteiger partial charge in [0, 0.05) is 18.8 Å². The Bertz CT molecular complexity index is 312. The summed E-state index contributed by atoms with van der Waals surface area (Å²) >= 11 is 0. The maximum atomic E-state index is 6.23. The molecule has 3 rings (SSSR count). The summed E-state index contributed by atoms with van der Waals surface area (Å²) in [6, 6.07) is 0. The molecule has 3 aliphatic rings. The van der Waals surface area contributed by atoms with Crippen molar-refractivity contribution in [1.29, 1.82) is 0 Å². The highest BCUT2D eigenvalue weighted by molar-refractivity contribution is 4.86. The summed E-state index contributed by atoms with van der Waals surface area (Å²) < 4.78 is 12.5. The fraction of sp³-hybridized carbons (Fsp3) is 1.00. The van der Waals surface area contributed by atoms with Crippen LogP contribution >= 0.6 is 0 Å². The lowest BCUT2D eigenvalue weighted by Gasteiger charge is -2.43. The molecule has 0 amide bonds. The summed E-state index contributed by atoms with van der Waals surface area (Å²) in [6.45, 7) is 6.63. The van der Waals surface area contributed by atoms with Gasteiger partial charge in [0.25, 0.3) is 0 Å². The topological polar surface area (TPSA) is 18.5 Å². The molecule has 3 atom stereocenters. The molecule has 2 nitrogen and oxygen atoms in total. The Morgan fingerprint density at radius 2 is 1.48 bits per heavy atom. The van der Waals surface area contributed by atoms with Crippen LogP contribution in [-0.2, 0) is 9.47 Å². The molecule has 0 aromatic heterocycles. The zero-order valence-corrected chi connectivity index (χ0v) is 14.1. The first-order valence-electron chi connectivity index (χ1n) is 9.52. The van der Waals surface area contributed by atoms with Gasteiger partial charge in [-0.05, 0) is 49.9 Å². The second-order valence-corrected chi connectivity index (χ2v) is 7.87. The molecule has 3 unspecified atom stereocenters. The van der Waals surface area contributed by atoms with Gasteiger partial charge in [-0.2, -0.15) is 0 Å². The van der Waals surface area contributed by atoms with Crippen LogP contribution in [0.5, 0.6) is 0 Å². The molecule has 1 heterocycles. The summed E-state index contributed by atoms with van der Waals surface area (Å²) in [7, 11) is 0. The van der Waals surface area contributed by atoms with Gasteiger partial charge in [-0.15, -0.1) is 0 Å². The van der Waals surface area contributed by atoms with Gasteiger partial charge in [0.2, 0.25) is 0 Å². The van der Waals surface area contributed by atoms with Gasteiger partial charge in [0.05, 0.1) is 13.2 Å². The van der Waals surface area contributed by atoms with Crippen molar-refractivity contribution in [3.8, 4) is 0 Å². The molecule has 122 valence electrons. The van der Waals surface area contributed by atoms with E-state index in [1.165, 1.54) is 51.4 Å². The van der Waals surface area contributed by atoms with Gasteiger partial charge in [0.15, 0.2) is 5.79 Å². The minimum absolute atomic E-state index is 0.180. The lowest BCUT2D eigenvalue weighted by molar-refractivity contribution is -0.296. The van der Waals surface area contributed by atoms with Crippen molar-refractivity contribution in [3.63, 3.8) is 0 Å². The maximum absolute atomic E-state index is 6.23. The van der Waals surface area contributed by atoms with Crippen LogP contribution in [0.2, 0.25) is 0 Å². The number of hydrogen-bond acceptors (Lipinski definition) is 2. The van der Waals surface area contributed by atoms with Gasteiger partial charge in [-0.25, -0.2) is 0 Å². The summed E-state index contributed by atoms with van der Waals surface area (Å²) in [6.07, 6.45) is 13.2. The SMILES string of the molecule is CCC1CC(CC)C(CC2COC3(CCCCC3)OC2)C1. The van der Waals surface area contributed by atoms with E-state index in [4.69, 9.17) is 9.47 Å². The fourth-order valence-electron chi connectivity index (χ4n) is 5.03. The summed E-state index contributed by atoms with van der Waals surface area (Å²) in [4.78, 5) is 0. The average Bonchev–Trinajstić information content (AvgIpc) is 2.93. The third-order valence-corrected chi connectivity index (χ3v) is 6.46. The molecule has 1 aliphatic heterocycles. The predicted octanol–water partition coefficient (Wildman–Crippen LogP) is 5.16. The number of ether oxygens (including phenoxy) is 2. The first-order chi connectivity index (χ1) is 10.2. The van der Waals surface area contributed by atoms with Crippen LogP contribution in [0.25, 0.3) is 0 Å². The van der Waals surface area contributed by atoms with Crippen molar-refractivity contribution in [2.45, 2.75) is 83.8 Å². The molecule has 0 aromatic carbocycles. The summed E-state index contributed by atoms with van der Waals surface area (Å²) in [5, 5.41) is 0. The molecule has 21 heavy (non-hydrogen) atoms. The Morgan fingerprint density at radius 3 is 2.10 bits per heavy atom. The summed E-state index contributed by atoms with van der Waals surface area (Å²) in [5.41, 5.74) is 0. The van der Waals surface area contributed by atoms with Crippen LogP contribution in [-0.4, -0.2) is 19.0 Å². The van der Waals surface area contributed by atoms with Crippen LogP contribution in [0.3, 0.4) is 0 Å². The molecule has 2 saturated carbocycles. The van der Waals surface area contributed by atoms with Crippen LogP contribution < -0.4 is 0 Å². The molecule has 0 aromatic rings. The van der Waals surface area contributed by atoms with E-state index in [9.17, 15) is 0 Å². The smallest absolute Gasteiger partial charge is 0.168 e. The van der Waals surface area contributed by atoms with E-state index in [0.29, 0.717) is 5.92 Å². The van der Waals surface area contributed by atoms with Crippen LogP contribution in [0.15, 0.2) is 0 Å². The average molecular weight is 294 g/mol. The maximum Gasteiger partial charge on any atom is 0.168 e. The Kier molecular flexibility index (Phi) is 5.27. The van der Waals surface area contributed by atoms with E-state index in [1.54, 1.807) is 0 Å². The monoisotopic (exact) mass is 294 g/mol. The van der Waals surface area contributed by atoms with Gasteiger partial charge < -0.3 is 9.47 Å². The zero-order chi connectivity index (χ0) is 14.7. The van der Waals surface area contributed by atoms with Crippen molar-refractivity contribution < 1.29 is 9.47 Å². The van der Waals surface area contributed by atoms with Gasteiger partial charge >= 0.3 is 0 Å². The van der Waals surface area contributed by atoms with Crippen LogP contribution in [0, 0.1) is 23.7 Å². The summed E-state index contributed by atoms with van der Waals surface area (Å²) in [5.74, 6) is 3.33. The third kappa shape index (κ3) is 3.64. The predicted molar refractivity (Wildman–Crippen MR) is 86.1 cm³/mol. The molecule has 0 N–H and O–H groups in total. The molecule has 0 bridgehead atoms. The number of hydrogen-bond donors (Lipinski definition) is 0. The number of rotatable bonds is 4. The van der Waals surface area contributed by atoms with E-state index in [2.05, 4.69) is 13.8 Å². The van der Waals surface area contributed by atoms with Crippen molar-refractivity contribution in [1.82, 2.24) is 0 Å². The van der Waals surface area contributed by atoms with Crippen LogP contribution in [0.4, 0.5) is 0 Å². The second-order valence-electron chi connectivity index (χ2n) is 7.87. The molecule has 2 heteroatoms. The lowest BCUT2D eigenvalue weighted by atomic mass is 9.85. The van der Waals surface area contributed by atoms with Crippen molar-refractivity contribution >= 4 is 0 Å². The molecule has 1 spiro atoms.